The highest BCUT2D eigenvalue weighted by Crippen LogP contribution is 2.36. The normalized spacial score (nSPS) is 14.1. The summed E-state index contributed by atoms with van der Waals surface area (Å²) in [6.45, 7) is 2.03. The van der Waals surface area contributed by atoms with Gasteiger partial charge in [0.2, 0.25) is 0 Å². The highest BCUT2D eigenvalue weighted by atomic mass is 35.5. The van der Waals surface area contributed by atoms with Gasteiger partial charge in [0.25, 0.3) is 0 Å². The zero-order valence-corrected chi connectivity index (χ0v) is 17.6. The molecular weight excluding hydrogens is 412 g/mol. The summed E-state index contributed by atoms with van der Waals surface area (Å²) in [6.07, 6.45) is 5.74. The van der Waals surface area contributed by atoms with Gasteiger partial charge in [-0.3, -0.25) is 4.79 Å². The average Bonchev–Trinajstić information content (AvgIpc) is 2.75. The maximum Gasteiger partial charge on any atom is 0.341 e. The highest BCUT2D eigenvalue weighted by molar-refractivity contribution is 6.31. The molecule has 0 spiro atoms. The Bertz CT molecular complexity index is 959. The minimum Gasteiger partial charge on any atom is -0.491 e. The number of pyridine rings is 2. The Hall–Kier alpha value is -2.58. The first-order chi connectivity index (χ1) is 14.5. The third-order valence-electron chi connectivity index (χ3n) is 4.81. The third-order valence-corrected chi connectivity index (χ3v) is 5.08. The Balaban J connectivity index is 2.07. The number of halogens is 1. The van der Waals surface area contributed by atoms with Crippen LogP contribution in [0.1, 0.15) is 42.5 Å². The lowest BCUT2D eigenvalue weighted by molar-refractivity contribution is 0.0694. The van der Waals surface area contributed by atoms with E-state index in [1.807, 2.05) is 0 Å². The van der Waals surface area contributed by atoms with Crippen molar-refractivity contribution in [3.8, 4) is 22.9 Å². The smallest absolute Gasteiger partial charge is 0.341 e. The summed E-state index contributed by atoms with van der Waals surface area (Å²) in [5.74, 6) is -0.427. The first-order valence-electron chi connectivity index (χ1n) is 9.94. The number of ether oxygens (including phenoxy) is 3. The van der Waals surface area contributed by atoms with Gasteiger partial charge in [0, 0.05) is 45.0 Å². The fourth-order valence-corrected chi connectivity index (χ4v) is 3.47. The standard InChI is InChI=1S/C21H25ClN2O6/c1-28-8-6-10-30-18-12-17-19(23-20(18)22)15-11-16(25)14(21(26)27)13-24(15)7-4-2-3-5-9-29-17/h11-13H,2-10H2,1H3,(H,26,27). The molecule has 0 aromatic carbocycles. The lowest BCUT2D eigenvalue weighted by Gasteiger charge is -2.17. The van der Waals surface area contributed by atoms with Gasteiger partial charge in [-0.2, -0.15) is 0 Å². The number of carbonyl (C=O) groups is 1. The lowest BCUT2D eigenvalue weighted by Crippen LogP contribution is -2.19. The molecule has 1 N–H and O–H groups in total. The minimum absolute atomic E-state index is 0.144. The van der Waals surface area contributed by atoms with Gasteiger partial charge in [-0.05, 0) is 12.8 Å². The van der Waals surface area contributed by atoms with Gasteiger partial charge in [0.05, 0.1) is 18.9 Å². The zero-order valence-electron chi connectivity index (χ0n) is 16.9. The molecule has 0 radical (unpaired) electrons. The van der Waals surface area contributed by atoms with Crippen LogP contribution >= 0.6 is 11.6 Å². The molecule has 1 aliphatic heterocycles. The van der Waals surface area contributed by atoms with E-state index in [2.05, 4.69) is 4.98 Å². The second kappa shape index (κ2) is 10.4. The molecule has 1 aliphatic rings. The van der Waals surface area contributed by atoms with Crippen molar-refractivity contribution in [2.24, 2.45) is 0 Å². The molecule has 3 heterocycles. The first kappa shape index (κ1) is 22.1. The van der Waals surface area contributed by atoms with Crippen LogP contribution in [0.15, 0.2) is 23.1 Å². The fourth-order valence-electron chi connectivity index (χ4n) is 3.28. The molecule has 8 nitrogen and oxygen atoms in total. The van der Waals surface area contributed by atoms with E-state index in [-0.39, 0.29) is 10.7 Å². The molecule has 0 saturated heterocycles. The van der Waals surface area contributed by atoms with Crippen LogP contribution < -0.4 is 14.9 Å². The molecule has 2 aromatic heterocycles. The van der Waals surface area contributed by atoms with Gasteiger partial charge >= 0.3 is 5.97 Å². The highest BCUT2D eigenvalue weighted by Gasteiger charge is 2.21. The summed E-state index contributed by atoms with van der Waals surface area (Å²) in [5, 5.41) is 9.48. The van der Waals surface area contributed by atoms with Crippen molar-refractivity contribution >= 4 is 17.6 Å². The number of aryl methyl sites for hydroxylation is 1. The van der Waals surface area contributed by atoms with Crippen molar-refractivity contribution in [1.82, 2.24) is 9.55 Å². The molecule has 0 amide bonds. The van der Waals surface area contributed by atoms with E-state index >= 15 is 0 Å². The molecule has 9 heteroatoms. The number of rotatable bonds is 6. The molecule has 0 bridgehead atoms. The third kappa shape index (κ3) is 5.31. The van der Waals surface area contributed by atoms with Crippen molar-refractivity contribution in [2.75, 3.05) is 26.9 Å². The summed E-state index contributed by atoms with van der Waals surface area (Å²) in [6, 6.07) is 2.96. The molecule has 0 atom stereocenters. The summed E-state index contributed by atoms with van der Waals surface area (Å²) < 4.78 is 18.4. The maximum absolute atomic E-state index is 12.4. The van der Waals surface area contributed by atoms with E-state index in [4.69, 9.17) is 25.8 Å². The topological polar surface area (TPSA) is 99.9 Å². The molecule has 30 heavy (non-hydrogen) atoms. The summed E-state index contributed by atoms with van der Waals surface area (Å²) in [7, 11) is 1.62. The van der Waals surface area contributed by atoms with Crippen molar-refractivity contribution in [1.29, 1.82) is 0 Å². The monoisotopic (exact) mass is 436 g/mol. The van der Waals surface area contributed by atoms with Gasteiger partial charge in [0.15, 0.2) is 22.1 Å². The molecule has 3 rings (SSSR count). The van der Waals surface area contributed by atoms with E-state index in [1.54, 1.807) is 17.7 Å². The summed E-state index contributed by atoms with van der Waals surface area (Å²) in [5.41, 5.74) is -0.0115. The fraction of sp³-hybridized carbons (Fsp3) is 0.476. The van der Waals surface area contributed by atoms with Crippen LogP contribution in [0, 0.1) is 0 Å². The van der Waals surface area contributed by atoms with E-state index in [1.165, 1.54) is 12.3 Å². The Kier molecular flexibility index (Phi) is 7.70. The van der Waals surface area contributed by atoms with E-state index < -0.39 is 11.4 Å². The van der Waals surface area contributed by atoms with Crippen LogP contribution in [0.3, 0.4) is 0 Å². The number of carboxylic acids is 1. The quantitative estimate of drug-likeness (QED) is 0.545. The molecule has 0 saturated carbocycles. The Labute approximate surface area is 179 Å². The van der Waals surface area contributed by atoms with Crippen molar-refractivity contribution < 1.29 is 24.1 Å². The van der Waals surface area contributed by atoms with Gasteiger partial charge in [0.1, 0.15) is 11.3 Å². The van der Waals surface area contributed by atoms with E-state index in [0.717, 1.165) is 25.7 Å². The van der Waals surface area contributed by atoms with Crippen LogP contribution in [0.2, 0.25) is 5.15 Å². The first-order valence-corrected chi connectivity index (χ1v) is 10.3. The molecule has 0 aliphatic carbocycles. The number of hydrogen-bond donors (Lipinski definition) is 1. The number of methoxy groups -OCH3 is 1. The Morgan fingerprint density at radius 1 is 1.27 bits per heavy atom. The van der Waals surface area contributed by atoms with Gasteiger partial charge in [-0.15, -0.1) is 0 Å². The van der Waals surface area contributed by atoms with Crippen LogP contribution in [0.4, 0.5) is 0 Å². The van der Waals surface area contributed by atoms with Crippen molar-refractivity contribution in [3.63, 3.8) is 0 Å². The van der Waals surface area contributed by atoms with Crippen LogP contribution in [-0.4, -0.2) is 47.6 Å². The lowest BCUT2D eigenvalue weighted by atomic mass is 10.1. The molecule has 0 unspecified atom stereocenters. The van der Waals surface area contributed by atoms with Crippen molar-refractivity contribution in [2.45, 2.75) is 38.6 Å². The largest absolute Gasteiger partial charge is 0.491 e. The number of aromatic carboxylic acids is 1. The molecule has 2 aromatic rings. The SMILES string of the molecule is COCCCOc1cc2c(nc1Cl)-c1cc(=O)c(C(=O)O)cn1CCCCCCO2. The number of fused-ring (bicyclic) bond motifs is 3. The number of nitrogens with zero attached hydrogens (tertiary/aromatic N) is 2. The molecule has 0 fully saturated rings. The zero-order chi connectivity index (χ0) is 21.5. The second-order valence-electron chi connectivity index (χ2n) is 7.02. The number of hydrogen-bond acceptors (Lipinski definition) is 6. The second-order valence-corrected chi connectivity index (χ2v) is 7.37. The number of carboxylic acid groups (broad SMARTS) is 1. The van der Waals surface area contributed by atoms with Crippen LogP contribution in [0.5, 0.6) is 11.5 Å². The van der Waals surface area contributed by atoms with Gasteiger partial charge in [-0.1, -0.05) is 24.4 Å². The minimum atomic E-state index is -1.26. The predicted molar refractivity (Wildman–Crippen MR) is 112 cm³/mol. The summed E-state index contributed by atoms with van der Waals surface area (Å²) in [4.78, 5) is 28.3. The average molecular weight is 437 g/mol. The molecular formula is C21H25ClN2O6. The van der Waals surface area contributed by atoms with E-state index in [0.29, 0.717) is 55.7 Å². The van der Waals surface area contributed by atoms with Gasteiger partial charge < -0.3 is 23.9 Å². The van der Waals surface area contributed by atoms with Crippen LogP contribution in [-0.2, 0) is 11.3 Å². The number of aromatic nitrogens is 2. The Morgan fingerprint density at radius 3 is 2.83 bits per heavy atom. The van der Waals surface area contributed by atoms with Gasteiger partial charge in [-0.25, -0.2) is 9.78 Å². The van der Waals surface area contributed by atoms with Crippen LogP contribution in [0.25, 0.3) is 11.4 Å². The maximum atomic E-state index is 12.4. The molecule has 162 valence electrons. The summed E-state index contributed by atoms with van der Waals surface area (Å²) >= 11 is 6.36. The predicted octanol–water partition coefficient (Wildman–Crippen LogP) is 3.63. The Morgan fingerprint density at radius 2 is 2.07 bits per heavy atom. The van der Waals surface area contributed by atoms with E-state index in [9.17, 15) is 14.7 Å². The van der Waals surface area contributed by atoms with Crippen molar-refractivity contribution in [3.05, 3.63) is 39.3 Å².